The van der Waals surface area contributed by atoms with Gasteiger partial charge in [0.25, 0.3) is 0 Å². The van der Waals surface area contributed by atoms with Crippen molar-refractivity contribution in [1.82, 2.24) is 10.6 Å². The van der Waals surface area contributed by atoms with Crippen molar-refractivity contribution in [3.63, 3.8) is 0 Å². The van der Waals surface area contributed by atoms with Crippen LogP contribution in [0.15, 0.2) is 158 Å². The molecule has 0 aliphatic heterocycles. The van der Waals surface area contributed by atoms with Crippen LogP contribution in [0, 0.1) is 27.7 Å². The molecule has 0 bridgehead atoms. The second kappa shape index (κ2) is 16.5. The molecule has 0 fully saturated rings. The molecule has 0 heterocycles. The Labute approximate surface area is 318 Å². The van der Waals surface area contributed by atoms with E-state index in [-0.39, 0.29) is 12.8 Å². The fourth-order valence-corrected chi connectivity index (χ4v) is 7.12. The molecule has 2 amide bonds. The first-order chi connectivity index (χ1) is 26.0. The summed E-state index contributed by atoms with van der Waals surface area (Å²) in [4.78, 5) is 28.6. The van der Waals surface area contributed by atoms with Crippen molar-refractivity contribution in [3.8, 4) is 0 Å². The predicted molar refractivity (Wildman–Crippen MR) is 215 cm³/mol. The summed E-state index contributed by atoms with van der Waals surface area (Å²) < 4.78 is 0. The zero-order valence-corrected chi connectivity index (χ0v) is 31.3. The summed E-state index contributed by atoms with van der Waals surface area (Å²) in [5.74, 6) is -1.86. The van der Waals surface area contributed by atoms with E-state index < -0.39 is 35.1 Å². The SMILES string of the molecule is Cc1ccc(C(O)(c2ccc(C)cc2)C(Cc2ccccc2)NC(=O)C(=O)NC(Cc2ccccc2)C(O)(c2ccc(C)cc2)c2ccc(C)cc2)cc1. The van der Waals surface area contributed by atoms with Gasteiger partial charge in [-0.15, -0.1) is 0 Å². The molecule has 274 valence electrons. The number of aliphatic hydroxyl groups is 2. The molecule has 54 heavy (non-hydrogen) atoms. The van der Waals surface area contributed by atoms with E-state index in [0.717, 1.165) is 33.4 Å². The number of hydrogen-bond acceptors (Lipinski definition) is 4. The van der Waals surface area contributed by atoms with E-state index in [1.165, 1.54) is 0 Å². The van der Waals surface area contributed by atoms with Crippen LogP contribution < -0.4 is 10.6 Å². The standard InChI is InChI=1S/C48H48N2O4/c1-33-15-23-39(24-16-33)47(53,40-25-17-34(2)18-26-40)43(31-37-11-7-5-8-12-37)49-45(51)46(52)50-44(32-38-13-9-6-10-14-38)48(54,41-27-19-35(3)20-28-41)42-29-21-36(4)22-30-42/h5-30,43-44,53-54H,31-32H2,1-4H3,(H,49,51)(H,50,52). The van der Waals surface area contributed by atoms with Gasteiger partial charge >= 0.3 is 11.8 Å². The molecule has 0 spiro atoms. The lowest BCUT2D eigenvalue weighted by Gasteiger charge is -2.39. The molecule has 0 aromatic heterocycles. The Balaban J connectivity index is 1.41. The predicted octanol–water partition coefficient (Wildman–Crippen LogP) is 7.55. The molecule has 0 saturated heterocycles. The summed E-state index contributed by atoms with van der Waals surface area (Å²) in [6, 6.07) is 47.5. The highest BCUT2D eigenvalue weighted by molar-refractivity contribution is 6.35. The van der Waals surface area contributed by atoms with Gasteiger partial charge < -0.3 is 20.8 Å². The fraction of sp³-hybridized carbons (Fsp3) is 0.208. The zero-order chi connectivity index (χ0) is 38.3. The number of aryl methyl sites for hydroxylation is 4. The molecule has 6 aromatic carbocycles. The van der Waals surface area contributed by atoms with Gasteiger partial charge in [0.15, 0.2) is 0 Å². The van der Waals surface area contributed by atoms with E-state index >= 15 is 0 Å². The van der Waals surface area contributed by atoms with E-state index in [1.54, 1.807) is 0 Å². The smallest absolute Gasteiger partial charge is 0.309 e. The maximum Gasteiger partial charge on any atom is 0.309 e. The van der Waals surface area contributed by atoms with Gasteiger partial charge in [-0.25, -0.2) is 0 Å². The molecule has 4 N–H and O–H groups in total. The number of nitrogens with one attached hydrogen (secondary N) is 2. The Morgan fingerprint density at radius 1 is 0.426 bits per heavy atom. The highest BCUT2D eigenvalue weighted by Crippen LogP contribution is 2.37. The van der Waals surface area contributed by atoms with Crippen molar-refractivity contribution >= 4 is 11.8 Å². The lowest BCUT2D eigenvalue weighted by molar-refractivity contribution is -0.142. The van der Waals surface area contributed by atoms with Crippen LogP contribution in [0.1, 0.15) is 55.6 Å². The highest BCUT2D eigenvalue weighted by atomic mass is 16.3. The number of amides is 2. The van der Waals surface area contributed by atoms with Crippen molar-refractivity contribution in [3.05, 3.63) is 213 Å². The van der Waals surface area contributed by atoms with Crippen molar-refractivity contribution < 1.29 is 19.8 Å². The second-order valence-electron chi connectivity index (χ2n) is 14.4. The van der Waals surface area contributed by atoms with Gasteiger partial charge in [0.05, 0.1) is 12.1 Å². The largest absolute Gasteiger partial charge is 0.378 e. The molecule has 2 atom stereocenters. The van der Waals surface area contributed by atoms with Crippen LogP contribution in [0.2, 0.25) is 0 Å². The first-order valence-corrected chi connectivity index (χ1v) is 18.4. The van der Waals surface area contributed by atoms with Crippen LogP contribution in [0.5, 0.6) is 0 Å². The third kappa shape index (κ3) is 8.36. The lowest BCUT2D eigenvalue weighted by atomic mass is 9.77. The summed E-state index contributed by atoms with van der Waals surface area (Å²) in [5, 5.41) is 31.8. The molecule has 0 saturated carbocycles. The first-order valence-electron chi connectivity index (χ1n) is 18.4. The molecule has 0 aliphatic carbocycles. The third-order valence-corrected chi connectivity index (χ3v) is 10.4. The highest BCUT2D eigenvalue weighted by Gasteiger charge is 2.45. The minimum atomic E-state index is -1.72. The van der Waals surface area contributed by atoms with E-state index in [4.69, 9.17) is 0 Å². The summed E-state index contributed by atoms with van der Waals surface area (Å²) >= 11 is 0. The van der Waals surface area contributed by atoms with Crippen molar-refractivity contribution in [1.29, 1.82) is 0 Å². The quantitative estimate of drug-likeness (QED) is 0.0984. The Morgan fingerprint density at radius 2 is 0.667 bits per heavy atom. The van der Waals surface area contributed by atoms with Gasteiger partial charge in [-0.05, 0) is 73.9 Å². The molecule has 0 radical (unpaired) electrons. The van der Waals surface area contributed by atoms with Crippen LogP contribution in [0.25, 0.3) is 0 Å². The Bertz CT molecular complexity index is 1900. The van der Waals surface area contributed by atoms with Gasteiger partial charge in [0.2, 0.25) is 0 Å². The second-order valence-corrected chi connectivity index (χ2v) is 14.4. The van der Waals surface area contributed by atoms with Gasteiger partial charge in [0.1, 0.15) is 11.2 Å². The van der Waals surface area contributed by atoms with Crippen LogP contribution in [-0.2, 0) is 33.6 Å². The van der Waals surface area contributed by atoms with E-state index in [0.29, 0.717) is 22.3 Å². The maximum atomic E-state index is 14.3. The summed E-state index contributed by atoms with van der Waals surface area (Å²) in [6.45, 7) is 7.90. The van der Waals surface area contributed by atoms with Crippen LogP contribution in [-0.4, -0.2) is 34.1 Å². The number of benzene rings is 6. The lowest BCUT2D eigenvalue weighted by Crippen LogP contribution is -2.59. The Hall–Kier alpha value is -5.82. The monoisotopic (exact) mass is 716 g/mol. The summed E-state index contributed by atoms with van der Waals surface area (Å²) in [6.07, 6.45) is 0.449. The summed E-state index contributed by atoms with van der Waals surface area (Å²) in [5.41, 5.74) is 4.69. The third-order valence-electron chi connectivity index (χ3n) is 10.4. The minimum Gasteiger partial charge on any atom is -0.378 e. The molecule has 6 aromatic rings. The van der Waals surface area contributed by atoms with Crippen LogP contribution in [0.3, 0.4) is 0 Å². The van der Waals surface area contributed by atoms with Gasteiger partial charge in [-0.3, -0.25) is 9.59 Å². The molecule has 6 nitrogen and oxygen atoms in total. The van der Waals surface area contributed by atoms with Gasteiger partial charge in [-0.1, -0.05) is 180 Å². The fourth-order valence-electron chi connectivity index (χ4n) is 7.12. The average molecular weight is 717 g/mol. The molecule has 0 aliphatic rings. The van der Waals surface area contributed by atoms with Gasteiger partial charge in [0, 0.05) is 0 Å². The molecular formula is C48H48N2O4. The molecular weight excluding hydrogens is 669 g/mol. The van der Waals surface area contributed by atoms with Crippen LogP contribution in [0.4, 0.5) is 0 Å². The number of hydrogen-bond donors (Lipinski definition) is 4. The number of rotatable bonds is 12. The number of carbonyl (C=O) groups excluding carboxylic acids is 2. The van der Waals surface area contributed by atoms with E-state index in [1.807, 2.05) is 185 Å². The molecule has 6 rings (SSSR count). The van der Waals surface area contributed by atoms with Crippen molar-refractivity contribution in [2.24, 2.45) is 0 Å². The van der Waals surface area contributed by atoms with Crippen molar-refractivity contribution in [2.45, 2.75) is 63.8 Å². The number of carbonyl (C=O) groups is 2. The molecule has 6 heteroatoms. The average Bonchev–Trinajstić information content (AvgIpc) is 3.18. The minimum absolute atomic E-state index is 0.224. The topological polar surface area (TPSA) is 98.7 Å². The first kappa shape index (κ1) is 37.9. The molecule has 2 unspecified atom stereocenters. The van der Waals surface area contributed by atoms with Crippen molar-refractivity contribution in [2.75, 3.05) is 0 Å². The Morgan fingerprint density at radius 3 is 0.907 bits per heavy atom. The zero-order valence-electron chi connectivity index (χ0n) is 31.3. The maximum absolute atomic E-state index is 14.3. The normalized spacial score (nSPS) is 12.8. The summed E-state index contributed by atoms with van der Waals surface area (Å²) in [7, 11) is 0. The van der Waals surface area contributed by atoms with Gasteiger partial charge in [-0.2, -0.15) is 0 Å². The van der Waals surface area contributed by atoms with E-state index in [2.05, 4.69) is 10.6 Å². The van der Waals surface area contributed by atoms with E-state index in [9.17, 15) is 19.8 Å². The Kier molecular flexibility index (Phi) is 11.6. The van der Waals surface area contributed by atoms with Crippen LogP contribution >= 0.6 is 0 Å².